The molecule has 1 aliphatic heterocycles. The lowest BCUT2D eigenvalue weighted by atomic mass is 9.89. The summed E-state index contributed by atoms with van der Waals surface area (Å²) < 4.78 is 0. The van der Waals surface area contributed by atoms with Crippen molar-refractivity contribution in [3.63, 3.8) is 0 Å². The SMILES string of the molecule is CCCC1Nc2c(nc(N)[nH]c2=O)NC1(C)C.Cl.Cl. The number of aromatic amines is 1. The van der Waals surface area contributed by atoms with Crippen molar-refractivity contribution in [2.45, 2.75) is 45.2 Å². The summed E-state index contributed by atoms with van der Waals surface area (Å²) in [5.74, 6) is 0.663. The minimum absolute atomic E-state index is 0. The zero-order valence-corrected chi connectivity index (χ0v) is 12.9. The summed E-state index contributed by atoms with van der Waals surface area (Å²) in [5.41, 5.74) is 5.63. The van der Waals surface area contributed by atoms with E-state index in [-0.39, 0.29) is 47.9 Å². The summed E-state index contributed by atoms with van der Waals surface area (Å²) in [6, 6.07) is 0.200. The van der Waals surface area contributed by atoms with Gasteiger partial charge in [0.2, 0.25) is 5.95 Å². The fraction of sp³-hybridized carbons (Fsp3) is 0.636. The van der Waals surface area contributed by atoms with Crippen molar-refractivity contribution >= 4 is 42.3 Å². The van der Waals surface area contributed by atoms with E-state index < -0.39 is 0 Å². The van der Waals surface area contributed by atoms with Crippen LogP contribution < -0.4 is 21.9 Å². The molecule has 5 N–H and O–H groups in total. The Morgan fingerprint density at radius 2 is 2.00 bits per heavy atom. The van der Waals surface area contributed by atoms with Crippen LogP contribution in [-0.4, -0.2) is 21.5 Å². The molecule has 6 nitrogen and oxygen atoms in total. The summed E-state index contributed by atoms with van der Waals surface area (Å²) in [7, 11) is 0. The quantitative estimate of drug-likeness (QED) is 0.670. The zero-order valence-electron chi connectivity index (χ0n) is 11.2. The predicted octanol–water partition coefficient (Wildman–Crippen LogP) is 1.98. The standard InChI is InChI=1S/C11H19N5O.2ClH/c1-4-5-6-11(2,3)16-8-7(13-6)9(17)15-10(12)14-8;;/h6,13H,4-5H2,1-3H3,(H4,12,14,15,16,17);2*1H. The molecule has 2 rings (SSSR count). The van der Waals surface area contributed by atoms with Gasteiger partial charge in [-0.25, -0.2) is 0 Å². The number of hydrogen-bond donors (Lipinski definition) is 4. The number of aromatic nitrogens is 2. The zero-order chi connectivity index (χ0) is 12.6. The smallest absolute Gasteiger partial charge is 0.277 e. The maximum atomic E-state index is 11.8. The van der Waals surface area contributed by atoms with Crippen LogP contribution in [0, 0.1) is 0 Å². The van der Waals surface area contributed by atoms with Gasteiger partial charge in [-0.3, -0.25) is 9.78 Å². The highest BCUT2D eigenvalue weighted by Gasteiger charge is 2.35. The number of nitrogens with two attached hydrogens (primary N) is 1. The van der Waals surface area contributed by atoms with Crippen LogP contribution in [0.25, 0.3) is 0 Å². The maximum Gasteiger partial charge on any atom is 0.277 e. The van der Waals surface area contributed by atoms with Crippen LogP contribution in [0.3, 0.4) is 0 Å². The maximum absolute atomic E-state index is 11.8. The first-order valence-corrected chi connectivity index (χ1v) is 5.88. The number of nitrogen functional groups attached to an aromatic ring is 1. The molecule has 0 spiro atoms. The molecule has 19 heavy (non-hydrogen) atoms. The first kappa shape index (κ1) is 17.9. The second kappa shape index (κ2) is 6.34. The molecule has 2 heterocycles. The van der Waals surface area contributed by atoms with E-state index in [1.807, 2.05) is 0 Å². The molecule has 0 bridgehead atoms. The molecule has 0 amide bonds. The van der Waals surface area contributed by atoms with Crippen LogP contribution in [0.2, 0.25) is 0 Å². The van der Waals surface area contributed by atoms with E-state index in [0.29, 0.717) is 11.5 Å². The number of rotatable bonds is 2. The average Bonchev–Trinajstić information content (AvgIpc) is 2.19. The van der Waals surface area contributed by atoms with E-state index in [4.69, 9.17) is 5.73 Å². The molecule has 1 aromatic rings. The lowest BCUT2D eigenvalue weighted by Crippen LogP contribution is -2.52. The third kappa shape index (κ3) is 3.45. The van der Waals surface area contributed by atoms with E-state index in [1.165, 1.54) is 0 Å². The van der Waals surface area contributed by atoms with Gasteiger partial charge < -0.3 is 16.4 Å². The number of H-pyrrole nitrogens is 1. The van der Waals surface area contributed by atoms with E-state index >= 15 is 0 Å². The monoisotopic (exact) mass is 309 g/mol. The second-order valence-corrected chi connectivity index (χ2v) is 5.01. The lowest BCUT2D eigenvalue weighted by molar-refractivity contribution is 0.431. The summed E-state index contributed by atoms with van der Waals surface area (Å²) >= 11 is 0. The highest BCUT2D eigenvalue weighted by atomic mass is 35.5. The van der Waals surface area contributed by atoms with Crippen molar-refractivity contribution in [3.05, 3.63) is 10.4 Å². The molecule has 0 saturated carbocycles. The van der Waals surface area contributed by atoms with Gasteiger partial charge in [-0.2, -0.15) is 4.98 Å². The highest BCUT2D eigenvalue weighted by molar-refractivity contribution is 5.85. The molecule has 1 atom stereocenters. The van der Waals surface area contributed by atoms with Gasteiger partial charge in [0.25, 0.3) is 5.56 Å². The Labute approximate surface area is 124 Å². The van der Waals surface area contributed by atoms with E-state index in [9.17, 15) is 4.79 Å². The summed E-state index contributed by atoms with van der Waals surface area (Å²) in [6.45, 7) is 6.30. The van der Waals surface area contributed by atoms with Crippen LogP contribution in [0.5, 0.6) is 0 Å². The third-order valence-electron chi connectivity index (χ3n) is 3.15. The van der Waals surface area contributed by atoms with Crippen molar-refractivity contribution < 1.29 is 0 Å². The van der Waals surface area contributed by atoms with E-state index in [0.717, 1.165) is 12.8 Å². The summed E-state index contributed by atoms with van der Waals surface area (Å²) in [6.07, 6.45) is 2.04. The molecule has 0 saturated heterocycles. The molecule has 8 heteroatoms. The number of fused-ring (bicyclic) bond motifs is 1. The molecule has 0 aromatic carbocycles. The van der Waals surface area contributed by atoms with Gasteiger partial charge in [0.15, 0.2) is 5.82 Å². The Balaban J connectivity index is 0.00000162. The van der Waals surface area contributed by atoms with Gasteiger partial charge >= 0.3 is 0 Å². The Kier molecular flexibility index (Phi) is 5.96. The van der Waals surface area contributed by atoms with Crippen molar-refractivity contribution in [2.75, 3.05) is 16.4 Å². The molecule has 1 aliphatic rings. The molecular weight excluding hydrogens is 289 g/mol. The van der Waals surface area contributed by atoms with Gasteiger partial charge in [0.1, 0.15) is 5.69 Å². The first-order valence-electron chi connectivity index (χ1n) is 5.88. The van der Waals surface area contributed by atoms with Gasteiger partial charge in [0, 0.05) is 6.04 Å². The fourth-order valence-electron chi connectivity index (χ4n) is 2.18. The third-order valence-corrected chi connectivity index (χ3v) is 3.15. The van der Waals surface area contributed by atoms with Crippen LogP contribution >= 0.6 is 24.8 Å². The molecule has 1 unspecified atom stereocenters. The molecule has 0 radical (unpaired) electrons. The first-order chi connectivity index (χ1) is 7.94. The van der Waals surface area contributed by atoms with E-state index in [2.05, 4.69) is 41.4 Å². The minimum atomic E-state index is -0.225. The number of nitrogens with zero attached hydrogens (tertiary/aromatic N) is 1. The minimum Gasteiger partial charge on any atom is -0.372 e. The Bertz CT molecular complexity index is 488. The topological polar surface area (TPSA) is 95.8 Å². The summed E-state index contributed by atoms with van der Waals surface area (Å²) in [4.78, 5) is 18.4. The lowest BCUT2D eigenvalue weighted by Gasteiger charge is -2.41. The second-order valence-electron chi connectivity index (χ2n) is 5.01. The number of nitrogens with one attached hydrogen (secondary N) is 3. The average molecular weight is 310 g/mol. The molecule has 110 valence electrons. The van der Waals surface area contributed by atoms with Gasteiger partial charge in [0.05, 0.1) is 5.54 Å². The Hall–Kier alpha value is -1.14. The Morgan fingerprint density at radius 3 is 2.58 bits per heavy atom. The van der Waals surface area contributed by atoms with Gasteiger partial charge in [-0.05, 0) is 20.3 Å². The fourth-order valence-corrected chi connectivity index (χ4v) is 2.18. The molecule has 0 fully saturated rings. The van der Waals surface area contributed by atoms with Gasteiger partial charge in [-0.15, -0.1) is 24.8 Å². The normalized spacial score (nSPS) is 19.0. The Morgan fingerprint density at radius 1 is 1.37 bits per heavy atom. The molecule has 1 aromatic heterocycles. The number of anilines is 3. The van der Waals surface area contributed by atoms with Crippen molar-refractivity contribution in [1.29, 1.82) is 0 Å². The van der Waals surface area contributed by atoms with Gasteiger partial charge in [-0.1, -0.05) is 13.3 Å². The van der Waals surface area contributed by atoms with Crippen LogP contribution in [0.15, 0.2) is 4.79 Å². The van der Waals surface area contributed by atoms with Crippen molar-refractivity contribution in [3.8, 4) is 0 Å². The predicted molar refractivity (Wildman–Crippen MR) is 83.8 cm³/mol. The number of hydrogen-bond acceptors (Lipinski definition) is 5. The van der Waals surface area contributed by atoms with E-state index in [1.54, 1.807) is 0 Å². The molecule has 0 aliphatic carbocycles. The largest absolute Gasteiger partial charge is 0.372 e. The number of halogens is 2. The van der Waals surface area contributed by atoms with Crippen molar-refractivity contribution in [1.82, 2.24) is 9.97 Å². The summed E-state index contributed by atoms with van der Waals surface area (Å²) in [5, 5.41) is 6.54. The van der Waals surface area contributed by atoms with Crippen LogP contribution in [0.4, 0.5) is 17.5 Å². The molecular formula is C11H21Cl2N5O. The van der Waals surface area contributed by atoms with Crippen LogP contribution in [-0.2, 0) is 0 Å². The highest BCUT2D eigenvalue weighted by Crippen LogP contribution is 2.31. The van der Waals surface area contributed by atoms with Crippen LogP contribution in [0.1, 0.15) is 33.6 Å². The van der Waals surface area contributed by atoms with Crippen molar-refractivity contribution in [2.24, 2.45) is 0 Å².